The normalized spacial score (nSPS) is 26.3. The van der Waals surface area contributed by atoms with Gasteiger partial charge in [0.15, 0.2) is 0 Å². The van der Waals surface area contributed by atoms with Crippen LogP contribution in [0.2, 0.25) is 0 Å². The van der Waals surface area contributed by atoms with E-state index in [4.69, 9.17) is 0 Å². The van der Waals surface area contributed by atoms with E-state index in [1.807, 2.05) is 18.2 Å². The highest BCUT2D eigenvalue weighted by atomic mass is 19.4. The zero-order chi connectivity index (χ0) is 14.9. The zero-order valence-corrected chi connectivity index (χ0v) is 12.0. The number of alkyl halides is 3. The van der Waals surface area contributed by atoms with Crippen LogP contribution in [0.15, 0.2) is 30.3 Å². The van der Waals surface area contributed by atoms with E-state index in [1.165, 1.54) is 5.56 Å². The molecule has 0 saturated carbocycles. The second-order valence-electron chi connectivity index (χ2n) is 6.30. The van der Waals surface area contributed by atoms with Crippen LogP contribution in [0, 0.1) is 5.41 Å². The minimum absolute atomic E-state index is 0.489. The quantitative estimate of drug-likeness (QED) is 0.902. The molecule has 3 rings (SSSR count). The van der Waals surface area contributed by atoms with Crippen LogP contribution in [0.1, 0.15) is 24.8 Å². The Labute approximate surface area is 123 Å². The second kappa shape index (κ2) is 5.61. The molecule has 0 aliphatic carbocycles. The van der Waals surface area contributed by atoms with E-state index in [0.29, 0.717) is 25.8 Å². The van der Waals surface area contributed by atoms with Crippen LogP contribution in [0.3, 0.4) is 0 Å². The van der Waals surface area contributed by atoms with Crippen molar-refractivity contribution in [2.24, 2.45) is 5.41 Å². The highest BCUT2D eigenvalue weighted by Gasteiger charge is 2.56. The number of piperidine rings is 1. The summed E-state index contributed by atoms with van der Waals surface area (Å²) in [5.74, 6) is 0. The Balaban J connectivity index is 1.62. The van der Waals surface area contributed by atoms with Gasteiger partial charge in [0.1, 0.15) is 6.04 Å². The van der Waals surface area contributed by atoms with E-state index >= 15 is 0 Å². The van der Waals surface area contributed by atoms with E-state index in [9.17, 15) is 13.2 Å². The minimum Gasteiger partial charge on any atom is -0.306 e. The van der Waals surface area contributed by atoms with Gasteiger partial charge in [-0.1, -0.05) is 30.3 Å². The topological polar surface area (TPSA) is 15.3 Å². The van der Waals surface area contributed by atoms with E-state index < -0.39 is 17.6 Å². The molecule has 5 heteroatoms. The lowest BCUT2D eigenvalue weighted by atomic mass is 9.72. The molecule has 1 aromatic rings. The summed E-state index contributed by atoms with van der Waals surface area (Å²) in [6.45, 7) is 2.83. The number of rotatable bonds is 2. The third-order valence-electron chi connectivity index (χ3n) is 5.01. The molecule has 0 bridgehead atoms. The SMILES string of the molecule is FC(F)(F)C1NCCC12CCN(Cc1ccccc1)CC2. The summed E-state index contributed by atoms with van der Waals surface area (Å²) < 4.78 is 39.5. The Morgan fingerprint density at radius 2 is 1.76 bits per heavy atom. The summed E-state index contributed by atoms with van der Waals surface area (Å²) >= 11 is 0. The van der Waals surface area contributed by atoms with Crippen LogP contribution in [0.4, 0.5) is 13.2 Å². The molecule has 2 fully saturated rings. The number of benzene rings is 1. The molecule has 2 nitrogen and oxygen atoms in total. The average Bonchev–Trinajstić information content (AvgIpc) is 2.87. The molecule has 1 N–H and O–H groups in total. The maximum atomic E-state index is 13.2. The van der Waals surface area contributed by atoms with Crippen molar-refractivity contribution >= 4 is 0 Å². The number of nitrogens with one attached hydrogen (secondary N) is 1. The molecule has 1 atom stereocenters. The largest absolute Gasteiger partial charge is 0.404 e. The van der Waals surface area contributed by atoms with Crippen molar-refractivity contribution in [2.45, 2.75) is 38.0 Å². The number of likely N-dealkylation sites (tertiary alicyclic amines) is 1. The van der Waals surface area contributed by atoms with E-state index in [0.717, 1.165) is 19.6 Å². The molecule has 1 spiro atoms. The Hall–Kier alpha value is -1.07. The lowest BCUT2D eigenvalue weighted by molar-refractivity contribution is -0.180. The maximum absolute atomic E-state index is 13.2. The van der Waals surface area contributed by atoms with Gasteiger partial charge in [-0.2, -0.15) is 13.2 Å². The smallest absolute Gasteiger partial charge is 0.306 e. The molecule has 0 radical (unpaired) electrons. The van der Waals surface area contributed by atoms with Crippen molar-refractivity contribution < 1.29 is 13.2 Å². The summed E-state index contributed by atoms with van der Waals surface area (Å²) in [6, 6.07) is 8.80. The Kier molecular flexibility index (Phi) is 3.97. The first-order valence-corrected chi connectivity index (χ1v) is 7.56. The molecule has 2 aliphatic heterocycles. The van der Waals surface area contributed by atoms with Gasteiger partial charge in [-0.3, -0.25) is 4.90 Å². The van der Waals surface area contributed by atoms with E-state index in [2.05, 4.69) is 22.3 Å². The van der Waals surface area contributed by atoms with E-state index in [1.54, 1.807) is 0 Å². The molecule has 21 heavy (non-hydrogen) atoms. The first kappa shape index (κ1) is 14.9. The van der Waals surface area contributed by atoms with Crippen LogP contribution in [0.25, 0.3) is 0 Å². The highest BCUT2D eigenvalue weighted by molar-refractivity contribution is 5.14. The average molecular weight is 298 g/mol. The zero-order valence-electron chi connectivity index (χ0n) is 12.0. The number of hydrogen-bond acceptors (Lipinski definition) is 2. The predicted octanol–water partition coefficient (Wildman–Crippen LogP) is 3.19. The van der Waals surface area contributed by atoms with Crippen molar-refractivity contribution in [3.05, 3.63) is 35.9 Å². The molecule has 1 aromatic carbocycles. The highest BCUT2D eigenvalue weighted by Crippen LogP contribution is 2.47. The second-order valence-corrected chi connectivity index (χ2v) is 6.30. The third kappa shape index (κ3) is 3.09. The number of nitrogens with zero attached hydrogens (tertiary/aromatic N) is 1. The van der Waals surface area contributed by atoms with Gasteiger partial charge in [0, 0.05) is 6.54 Å². The summed E-state index contributed by atoms with van der Waals surface area (Å²) in [4.78, 5) is 2.27. The standard InChI is InChI=1S/C16H21F3N2/c17-16(18,19)14-15(6-9-20-14)7-10-21(11-8-15)12-13-4-2-1-3-5-13/h1-5,14,20H,6-12H2. The molecule has 2 heterocycles. The fraction of sp³-hybridized carbons (Fsp3) is 0.625. The van der Waals surface area contributed by atoms with Crippen LogP contribution >= 0.6 is 0 Å². The van der Waals surface area contributed by atoms with Crippen molar-refractivity contribution in [1.29, 1.82) is 0 Å². The first-order valence-electron chi connectivity index (χ1n) is 7.56. The van der Waals surface area contributed by atoms with Gasteiger partial charge < -0.3 is 5.32 Å². The lowest BCUT2D eigenvalue weighted by Crippen LogP contribution is -2.52. The Morgan fingerprint density at radius 3 is 2.38 bits per heavy atom. The maximum Gasteiger partial charge on any atom is 0.404 e. The number of halogens is 3. The van der Waals surface area contributed by atoms with Gasteiger partial charge in [0.05, 0.1) is 0 Å². The van der Waals surface area contributed by atoms with Crippen LogP contribution in [-0.2, 0) is 6.54 Å². The van der Waals surface area contributed by atoms with E-state index in [-0.39, 0.29) is 0 Å². The van der Waals surface area contributed by atoms with Crippen LogP contribution in [-0.4, -0.2) is 36.8 Å². The van der Waals surface area contributed by atoms with Gasteiger partial charge in [-0.15, -0.1) is 0 Å². The van der Waals surface area contributed by atoms with Gasteiger partial charge in [-0.05, 0) is 49.9 Å². The molecular formula is C16H21F3N2. The summed E-state index contributed by atoms with van der Waals surface area (Å²) in [5, 5.41) is 2.68. The Morgan fingerprint density at radius 1 is 1.10 bits per heavy atom. The van der Waals surface area contributed by atoms with Crippen LogP contribution < -0.4 is 5.32 Å². The number of hydrogen-bond donors (Lipinski definition) is 1. The van der Waals surface area contributed by atoms with Gasteiger partial charge in [0.2, 0.25) is 0 Å². The Bertz CT molecular complexity index is 464. The van der Waals surface area contributed by atoms with Crippen LogP contribution in [0.5, 0.6) is 0 Å². The summed E-state index contributed by atoms with van der Waals surface area (Å²) in [7, 11) is 0. The van der Waals surface area contributed by atoms with Crippen molar-refractivity contribution in [3.63, 3.8) is 0 Å². The summed E-state index contributed by atoms with van der Waals surface area (Å²) in [6.07, 6.45) is -2.21. The third-order valence-corrected chi connectivity index (χ3v) is 5.01. The molecule has 116 valence electrons. The van der Waals surface area contributed by atoms with Crippen molar-refractivity contribution in [3.8, 4) is 0 Å². The fourth-order valence-electron chi connectivity index (χ4n) is 3.83. The lowest BCUT2D eigenvalue weighted by Gasteiger charge is -2.43. The van der Waals surface area contributed by atoms with Gasteiger partial charge in [0.25, 0.3) is 0 Å². The molecule has 0 aromatic heterocycles. The molecule has 2 saturated heterocycles. The monoisotopic (exact) mass is 298 g/mol. The molecule has 2 aliphatic rings. The fourth-order valence-corrected chi connectivity index (χ4v) is 3.83. The summed E-state index contributed by atoms with van der Waals surface area (Å²) in [5.41, 5.74) is 0.649. The minimum atomic E-state index is -4.13. The van der Waals surface area contributed by atoms with Gasteiger partial charge in [-0.25, -0.2) is 0 Å². The van der Waals surface area contributed by atoms with Crippen molar-refractivity contribution in [1.82, 2.24) is 10.2 Å². The van der Waals surface area contributed by atoms with Crippen molar-refractivity contribution in [2.75, 3.05) is 19.6 Å². The predicted molar refractivity (Wildman–Crippen MR) is 75.8 cm³/mol. The molecule has 1 unspecified atom stereocenters. The van der Waals surface area contributed by atoms with Gasteiger partial charge >= 0.3 is 6.18 Å². The first-order chi connectivity index (χ1) is 10.00. The molecular weight excluding hydrogens is 277 g/mol. The molecule has 0 amide bonds.